The number of rotatable bonds is 6. The van der Waals surface area contributed by atoms with E-state index in [0.29, 0.717) is 18.0 Å². The number of amides is 1. The minimum Gasteiger partial charge on any atom is -0.352 e. The second-order valence-corrected chi connectivity index (χ2v) is 4.44. The third-order valence-electron chi connectivity index (χ3n) is 2.27. The van der Waals surface area contributed by atoms with Gasteiger partial charge in [0.2, 0.25) is 0 Å². The Kier molecular flexibility index (Phi) is 6.00. The molecule has 0 aliphatic carbocycles. The highest BCUT2D eigenvalue weighted by Gasteiger charge is 2.04. The largest absolute Gasteiger partial charge is 0.352 e. The summed E-state index contributed by atoms with van der Waals surface area (Å²) in [5, 5.41) is 11.1. The minimum atomic E-state index is -0.0820. The Morgan fingerprint density at radius 2 is 2.38 bits per heavy atom. The number of carbonyl (C=O) groups excluding carboxylic acids is 1. The van der Waals surface area contributed by atoms with Crippen LogP contribution in [0.25, 0.3) is 0 Å². The molecule has 5 heteroatoms. The topological polar surface area (TPSA) is 54.9 Å². The molecule has 16 heavy (non-hydrogen) atoms. The van der Waals surface area contributed by atoms with Crippen molar-refractivity contribution in [1.29, 1.82) is 0 Å². The van der Waals surface area contributed by atoms with Crippen molar-refractivity contribution in [1.82, 2.24) is 15.5 Å². The van der Waals surface area contributed by atoms with E-state index in [1.807, 2.05) is 0 Å². The summed E-state index contributed by atoms with van der Waals surface area (Å²) in [5.74, 6) is 0.570. The molecule has 1 unspecified atom stereocenters. The van der Waals surface area contributed by atoms with Crippen molar-refractivity contribution in [2.75, 3.05) is 11.9 Å². The first kappa shape index (κ1) is 13.1. The Bertz CT molecular complexity index is 318. The lowest BCUT2D eigenvalue weighted by molar-refractivity contribution is 0.0952. The number of hydrogen-bond donors (Lipinski definition) is 1. The maximum Gasteiger partial charge on any atom is 0.252 e. The Hall–Kier alpha value is -0.970. The van der Waals surface area contributed by atoms with Gasteiger partial charge in [0, 0.05) is 11.9 Å². The van der Waals surface area contributed by atoms with Crippen molar-refractivity contribution >= 4 is 21.8 Å². The molecule has 0 bridgehead atoms. The smallest absolute Gasteiger partial charge is 0.252 e. The Morgan fingerprint density at radius 3 is 3.00 bits per heavy atom. The number of aromatic nitrogens is 2. The molecule has 88 valence electrons. The van der Waals surface area contributed by atoms with Crippen LogP contribution in [0, 0.1) is 5.92 Å². The van der Waals surface area contributed by atoms with Crippen LogP contribution in [0.3, 0.4) is 0 Å². The highest BCUT2D eigenvalue weighted by Crippen LogP contribution is 2.07. The molecule has 0 saturated carbocycles. The van der Waals surface area contributed by atoms with Gasteiger partial charge in [-0.1, -0.05) is 22.9 Å². The molecule has 1 N–H and O–H groups in total. The second-order valence-electron chi connectivity index (χ2n) is 3.79. The van der Waals surface area contributed by atoms with Gasteiger partial charge in [-0.15, -0.1) is 0 Å². The highest BCUT2D eigenvalue weighted by molar-refractivity contribution is 9.09. The lowest BCUT2D eigenvalue weighted by atomic mass is 10.1. The van der Waals surface area contributed by atoms with Gasteiger partial charge in [0.05, 0.1) is 18.0 Å². The number of hydrogen-bond acceptors (Lipinski definition) is 3. The summed E-state index contributed by atoms with van der Waals surface area (Å²) in [5.41, 5.74) is 0.559. The first-order chi connectivity index (χ1) is 7.74. The maximum absolute atomic E-state index is 11.6. The molecule has 4 nitrogen and oxygen atoms in total. The van der Waals surface area contributed by atoms with Crippen LogP contribution in [0.15, 0.2) is 18.5 Å². The van der Waals surface area contributed by atoms with Crippen LogP contribution >= 0.6 is 15.9 Å². The normalized spacial score (nSPS) is 12.1. The van der Waals surface area contributed by atoms with Crippen molar-refractivity contribution in [2.45, 2.75) is 19.8 Å². The van der Waals surface area contributed by atoms with E-state index in [1.54, 1.807) is 6.07 Å². The zero-order valence-corrected chi connectivity index (χ0v) is 10.9. The maximum atomic E-state index is 11.6. The average Bonchev–Trinajstić information content (AvgIpc) is 2.35. The summed E-state index contributed by atoms with van der Waals surface area (Å²) in [4.78, 5) is 11.6. The van der Waals surface area contributed by atoms with Gasteiger partial charge >= 0.3 is 0 Å². The minimum absolute atomic E-state index is 0.0820. The van der Waals surface area contributed by atoms with Crippen LogP contribution in [-0.2, 0) is 0 Å². The van der Waals surface area contributed by atoms with Gasteiger partial charge in [-0.3, -0.25) is 4.79 Å². The van der Waals surface area contributed by atoms with Crippen molar-refractivity contribution in [3.05, 3.63) is 24.0 Å². The van der Waals surface area contributed by atoms with Crippen LogP contribution < -0.4 is 5.32 Å². The molecule has 1 rings (SSSR count). The fourth-order valence-electron chi connectivity index (χ4n) is 1.26. The zero-order valence-electron chi connectivity index (χ0n) is 9.32. The molecule has 0 fully saturated rings. The van der Waals surface area contributed by atoms with Gasteiger partial charge in [-0.05, 0) is 24.8 Å². The molecule has 1 heterocycles. The lowest BCUT2D eigenvalue weighted by Gasteiger charge is -2.08. The average molecular weight is 286 g/mol. The second kappa shape index (κ2) is 7.33. The van der Waals surface area contributed by atoms with Gasteiger partial charge < -0.3 is 5.32 Å². The third kappa shape index (κ3) is 4.70. The zero-order chi connectivity index (χ0) is 11.8. The van der Waals surface area contributed by atoms with Crippen molar-refractivity contribution < 1.29 is 4.79 Å². The third-order valence-corrected chi connectivity index (χ3v) is 3.37. The highest BCUT2D eigenvalue weighted by atomic mass is 79.9. The lowest BCUT2D eigenvalue weighted by Crippen LogP contribution is -2.24. The first-order valence-electron chi connectivity index (χ1n) is 5.35. The number of alkyl halides is 1. The summed E-state index contributed by atoms with van der Waals surface area (Å²) in [6, 6.07) is 1.66. The predicted octanol–water partition coefficient (Wildman–Crippen LogP) is 2.02. The molecule has 0 spiro atoms. The first-order valence-corrected chi connectivity index (χ1v) is 6.47. The molecule has 0 saturated heterocycles. The molecule has 1 aromatic rings. The van der Waals surface area contributed by atoms with E-state index in [1.165, 1.54) is 12.4 Å². The number of carbonyl (C=O) groups is 1. The monoisotopic (exact) mass is 285 g/mol. The van der Waals surface area contributed by atoms with Crippen LogP contribution in [0.5, 0.6) is 0 Å². The van der Waals surface area contributed by atoms with E-state index in [-0.39, 0.29) is 5.91 Å². The van der Waals surface area contributed by atoms with Crippen LogP contribution in [0.2, 0.25) is 0 Å². The summed E-state index contributed by atoms with van der Waals surface area (Å²) in [6.45, 7) is 2.89. The molecule has 1 amide bonds. The predicted molar refractivity (Wildman–Crippen MR) is 66.6 cm³/mol. The Morgan fingerprint density at radius 1 is 1.56 bits per heavy atom. The summed E-state index contributed by atoms with van der Waals surface area (Å²) in [6.07, 6.45) is 5.09. The molecule has 1 atom stereocenters. The molecular weight excluding hydrogens is 270 g/mol. The number of halogens is 1. The van der Waals surface area contributed by atoms with Crippen LogP contribution in [0.1, 0.15) is 30.1 Å². The van der Waals surface area contributed by atoms with E-state index in [9.17, 15) is 4.79 Å². The van der Waals surface area contributed by atoms with Gasteiger partial charge in [-0.2, -0.15) is 10.2 Å². The molecule has 0 aromatic carbocycles. The van der Waals surface area contributed by atoms with E-state index >= 15 is 0 Å². The van der Waals surface area contributed by atoms with E-state index in [4.69, 9.17) is 0 Å². The summed E-state index contributed by atoms with van der Waals surface area (Å²) in [7, 11) is 0. The molecule has 0 aliphatic rings. The summed E-state index contributed by atoms with van der Waals surface area (Å²) < 4.78 is 0. The van der Waals surface area contributed by atoms with Crippen LogP contribution in [0.4, 0.5) is 0 Å². The molecule has 1 aromatic heterocycles. The van der Waals surface area contributed by atoms with E-state index in [0.717, 1.165) is 18.2 Å². The van der Waals surface area contributed by atoms with Crippen molar-refractivity contribution in [3.63, 3.8) is 0 Å². The van der Waals surface area contributed by atoms with Gasteiger partial charge in [-0.25, -0.2) is 0 Å². The molecule has 0 radical (unpaired) electrons. The van der Waals surface area contributed by atoms with Crippen molar-refractivity contribution in [3.8, 4) is 0 Å². The number of nitrogens with zero attached hydrogens (tertiary/aromatic N) is 2. The fraction of sp³-hybridized carbons (Fsp3) is 0.545. The SMILES string of the molecule is CC(CBr)CCCNC(=O)c1ccnnc1. The number of nitrogens with one attached hydrogen (secondary N) is 1. The Balaban J connectivity index is 2.21. The summed E-state index contributed by atoms with van der Waals surface area (Å²) >= 11 is 3.43. The fourth-order valence-corrected chi connectivity index (χ4v) is 1.58. The standard InChI is InChI=1S/C11H16BrN3O/c1-9(7-12)3-2-5-13-11(16)10-4-6-14-15-8-10/h4,6,8-9H,2-3,5,7H2,1H3,(H,13,16). The van der Waals surface area contributed by atoms with Gasteiger partial charge in [0.25, 0.3) is 5.91 Å². The van der Waals surface area contributed by atoms with Crippen molar-refractivity contribution in [2.24, 2.45) is 5.92 Å². The molecular formula is C11H16BrN3O. The van der Waals surface area contributed by atoms with E-state index in [2.05, 4.69) is 38.4 Å². The molecule has 0 aliphatic heterocycles. The van der Waals surface area contributed by atoms with Crippen LogP contribution in [-0.4, -0.2) is 28.0 Å². The van der Waals surface area contributed by atoms with E-state index < -0.39 is 0 Å². The van der Waals surface area contributed by atoms with Gasteiger partial charge in [0.1, 0.15) is 0 Å². The quantitative estimate of drug-likeness (QED) is 0.643. The van der Waals surface area contributed by atoms with Gasteiger partial charge in [0.15, 0.2) is 0 Å². The Labute approximate surface area is 104 Å².